The standard InChI is InChI=1S/C12H14FN3OS/c1-8-7-15-12(18-8)16(11(17)14-2)10-5-3-9(13)4-6-10/h3-6,8H,7H2,1-2H3,(H,14,17)/t8-/m1/s1. The summed E-state index contributed by atoms with van der Waals surface area (Å²) in [7, 11) is 1.56. The van der Waals surface area contributed by atoms with Gasteiger partial charge < -0.3 is 5.32 Å². The minimum atomic E-state index is -0.329. The summed E-state index contributed by atoms with van der Waals surface area (Å²) in [5.74, 6) is -0.329. The van der Waals surface area contributed by atoms with Crippen LogP contribution >= 0.6 is 11.8 Å². The van der Waals surface area contributed by atoms with Crippen LogP contribution in [0.4, 0.5) is 14.9 Å². The molecule has 0 radical (unpaired) electrons. The number of nitrogens with one attached hydrogen (secondary N) is 1. The van der Waals surface area contributed by atoms with Crippen molar-refractivity contribution in [1.29, 1.82) is 0 Å². The van der Waals surface area contributed by atoms with Gasteiger partial charge in [-0.2, -0.15) is 0 Å². The van der Waals surface area contributed by atoms with Crippen LogP contribution < -0.4 is 10.2 Å². The maximum Gasteiger partial charge on any atom is 0.327 e. The van der Waals surface area contributed by atoms with Gasteiger partial charge in [0.15, 0.2) is 5.17 Å². The van der Waals surface area contributed by atoms with Crippen molar-refractivity contribution in [2.75, 3.05) is 18.5 Å². The number of benzene rings is 1. The summed E-state index contributed by atoms with van der Waals surface area (Å²) in [6.45, 7) is 2.74. The van der Waals surface area contributed by atoms with Gasteiger partial charge in [0, 0.05) is 12.3 Å². The quantitative estimate of drug-likeness (QED) is 0.849. The summed E-state index contributed by atoms with van der Waals surface area (Å²) >= 11 is 1.54. The Labute approximate surface area is 109 Å². The molecule has 0 saturated carbocycles. The fourth-order valence-corrected chi connectivity index (χ4v) is 2.55. The highest BCUT2D eigenvalue weighted by Crippen LogP contribution is 2.27. The van der Waals surface area contributed by atoms with Crippen molar-refractivity contribution >= 4 is 28.6 Å². The van der Waals surface area contributed by atoms with Gasteiger partial charge in [-0.3, -0.25) is 4.99 Å². The Morgan fingerprint density at radius 2 is 2.17 bits per heavy atom. The van der Waals surface area contributed by atoms with Gasteiger partial charge >= 0.3 is 6.03 Å². The predicted octanol–water partition coefficient (Wildman–Crippen LogP) is 2.46. The van der Waals surface area contributed by atoms with E-state index in [0.717, 1.165) is 0 Å². The van der Waals surface area contributed by atoms with E-state index in [-0.39, 0.29) is 11.8 Å². The lowest BCUT2D eigenvalue weighted by Gasteiger charge is -2.21. The number of urea groups is 1. The molecule has 0 bridgehead atoms. The number of hydrogen-bond donors (Lipinski definition) is 1. The van der Waals surface area contributed by atoms with Gasteiger partial charge in [0.05, 0.1) is 12.2 Å². The van der Waals surface area contributed by atoms with Gasteiger partial charge in [0.2, 0.25) is 0 Å². The number of amides is 2. The second-order valence-electron chi connectivity index (χ2n) is 3.92. The molecule has 1 aliphatic rings. The summed E-state index contributed by atoms with van der Waals surface area (Å²) in [5.41, 5.74) is 0.608. The average Bonchev–Trinajstić information content (AvgIpc) is 2.78. The summed E-state index contributed by atoms with van der Waals surface area (Å²) in [6.07, 6.45) is 0. The van der Waals surface area contributed by atoms with Crippen molar-refractivity contribution in [2.24, 2.45) is 4.99 Å². The highest BCUT2D eigenvalue weighted by Gasteiger charge is 2.26. The molecule has 0 aliphatic carbocycles. The zero-order valence-electron chi connectivity index (χ0n) is 10.2. The van der Waals surface area contributed by atoms with E-state index in [2.05, 4.69) is 10.3 Å². The zero-order valence-corrected chi connectivity index (χ0v) is 11.0. The molecule has 2 rings (SSSR count). The Hall–Kier alpha value is -1.56. The number of aliphatic imine (C=N–C) groups is 1. The van der Waals surface area contributed by atoms with E-state index in [4.69, 9.17) is 0 Å². The third kappa shape index (κ3) is 2.64. The molecule has 0 fully saturated rings. The number of carbonyl (C=O) groups excluding carboxylic acids is 1. The highest BCUT2D eigenvalue weighted by molar-refractivity contribution is 8.15. The molecule has 1 aromatic carbocycles. The first kappa shape index (κ1) is 12.9. The van der Waals surface area contributed by atoms with Crippen LogP contribution in [0, 0.1) is 5.82 Å². The molecular weight excluding hydrogens is 253 g/mol. The summed E-state index contributed by atoms with van der Waals surface area (Å²) in [6, 6.07) is 5.51. The molecule has 0 saturated heterocycles. The van der Waals surface area contributed by atoms with Crippen molar-refractivity contribution in [1.82, 2.24) is 5.32 Å². The van der Waals surface area contributed by atoms with E-state index in [9.17, 15) is 9.18 Å². The number of nitrogens with zero attached hydrogens (tertiary/aromatic N) is 2. The molecule has 1 N–H and O–H groups in total. The van der Waals surface area contributed by atoms with Crippen LogP contribution in [0.2, 0.25) is 0 Å². The lowest BCUT2D eigenvalue weighted by molar-refractivity contribution is 0.251. The average molecular weight is 267 g/mol. The lowest BCUT2D eigenvalue weighted by atomic mass is 10.3. The molecule has 4 nitrogen and oxygen atoms in total. The van der Waals surface area contributed by atoms with Crippen molar-refractivity contribution in [3.63, 3.8) is 0 Å². The lowest BCUT2D eigenvalue weighted by Crippen LogP contribution is -2.41. The van der Waals surface area contributed by atoms with Gasteiger partial charge in [0.25, 0.3) is 0 Å². The summed E-state index contributed by atoms with van der Waals surface area (Å²) in [4.78, 5) is 17.7. The molecule has 18 heavy (non-hydrogen) atoms. The number of amidine groups is 1. The highest BCUT2D eigenvalue weighted by atomic mass is 32.2. The molecule has 96 valence electrons. The van der Waals surface area contributed by atoms with Gasteiger partial charge in [0.1, 0.15) is 5.82 Å². The Balaban J connectivity index is 2.31. The van der Waals surface area contributed by atoms with Crippen LogP contribution in [0.5, 0.6) is 0 Å². The first-order valence-electron chi connectivity index (χ1n) is 5.60. The normalized spacial score (nSPS) is 18.4. The van der Waals surface area contributed by atoms with Crippen molar-refractivity contribution < 1.29 is 9.18 Å². The third-order valence-electron chi connectivity index (χ3n) is 2.48. The number of carbonyl (C=O) groups is 1. The Bertz CT molecular complexity index is 475. The van der Waals surface area contributed by atoms with Gasteiger partial charge in [-0.1, -0.05) is 18.7 Å². The molecule has 0 aromatic heterocycles. The van der Waals surface area contributed by atoms with E-state index in [1.807, 2.05) is 6.92 Å². The fraction of sp³-hybridized carbons (Fsp3) is 0.333. The van der Waals surface area contributed by atoms with E-state index < -0.39 is 0 Å². The molecule has 2 amide bonds. The largest absolute Gasteiger partial charge is 0.340 e. The van der Waals surface area contributed by atoms with Crippen LogP contribution in [0.1, 0.15) is 6.92 Å². The first-order chi connectivity index (χ1) is 8.61. The molecule has 1 heterocycles. The summed E-state index contributed by atoms with van der Waals surface area (Å²) < 4.78 is 12.9. The van der Waals surface area contributed by atoms with E-state index in [0.29, 0.717) is 22.6 Å². The molecule has 6 heteroatoms. The Morgan fingerprint density at radius 1 is 1.50 bits per heavy atom. The Morgan fingerprint density at radius 3 is 2.67 bits per heavy atom. The van der Waals surface area contributed by atoms with Crippen LogP contribution in [0.25, 0.3) is 0 Å². The van der Waals surface area contributed by atoms with Crippen LogP contribution in [-0.4, -0.2) is 30.0 Å². The van der Waals surface area contributed by atoms with Crippen molar-refractivity contribution in [3.05, 3.63) is 30.1 Å². The number of hydrogen-bond acceptors (Lipinski definition) is 3. The van der Waals surface area contributed by atoms with E-state index >= 15 is 0 Å². The van der Waals surface area contributed by atoms with E-state index in [1.54, 1.807) is 19.2 Å². The SMILES string of the molecule is CNC(=O)N(C1=NC[C@@H](C)S1)c1ccc(F)cc1. The van der Waals surface area contributed by atoms with Crippen LogP contribution in [0.3, 0.4) is 0 Å². The first-order valence-corrected chi connectivity index (χ1v) is 6.48. The minimum absolute atomic E-state index is 0.276. The van der Waals surface area contributed by atoms with Crippen molar-refractivity contribution in [3.8, 4) is 0 Å². The second kappa shape index (κ2) is 5.39. The summed E-state index contributed by atoms with van der Waals surface area (Å²) in [5, 5.41) is 3.57. The number of thioether (sulfide) groups is 1. The molecule has 1 aliphatic heterocycles. The zero-order chi connectivity index (χ0) is 13.1. The van der Waals surface area contributed by atoms with Crippen LogP contribution in [0.15, 0.2) is 29.3 Å². The van der Waals surface area contributed by atoms with E-state index in [1.165, 1.54) is 28.8 Å². The topological polar surface area (TPSA) is 44.7 Å². The molecule has 1 aromatic rings. The third-order valence-corrected chi connectivity index (χ3v) is 3.56. The van der Waals surface area contributed by atoms with Gasteiger partial charge in [-0.05, 0) is 24.3 Å². The monoisotopic (exact) mass is 267 g/mol. The smallest absolute Gasteiger partial charge is 0.327 e. The fourth-order valence-electron chi connectivity index (χ4n) is 1.60. The minimum Gasteiger partial charge on any atom is -0.340 e. The number of halogens is 1. The van der Waals surface area contributed by atoms with Crippen LogP contribution in [-0.2, 0) is 0 Å². The molecule has 0 spiro atoms. The molecule has 1 atom stereocenters. The van der Waals surface area contributed by atoms with Gasteiger partial charge in [-0.15, -0.1) is 0 Å². The second-order valence-corrected chi connectivity index (χ2v) is 5.32. The Kier molecular flexibility index (Phi) is 3.86. The molecular formula is C12H14FN3OS. The maximum atomic E-state index is 12.9. The van der Waals surface area contributed by atoms with Gasteiger partial charge in [-0.25, -0.2) is 14.1 Å². The maximum absolute atomic E-state index is 12.9. The van der Waals surface area contributed by atoms with Crippen molar-refractivity contribution in [2.45, 2.75) is 12.2 Å². The predicted molar refractivity (Wildman–Crippen MR) is 72.7 cm³/mol. The molecule has 0 unspecified atom stereocenters. The number of anilines is 1. The number of rotatable bonds is 1.